The van der Waals surface area contributed by atoms with Gasteiger partial charge in [-0.05, 0) is 42.7 Å². The third-order valence-electron chi connectivity index (χ3n) is 4.64. The predicted octanol–water partition coefficient (Wildman–Crippen LogP) is 4.19. The van der Waals surface area contributed by atoms with Crippen molar-refractivity contribution in [1.29, 1.82) is 0 Å². The molecule has 1 amide bonds. The average molecular weight is 351 g/mol. The smallest absolute Gasteiger partial charge is 0.255 e. The Morgan fingerprint density at radius 2 is 2.08 bits per heavy atom. The molecule has 1 aliphatic carbocycles. The monoisotopic (exact) mass is 351 g/mol. The zero-order chi connectivity index (χ0) is 17.2. The summed E-state index contributed by atoms with van der Waals surface area (Å²) in [6.45, 7) is 2.75. The normalized spacial score (nSPS) is 15.1. The minimum atomic E-state index is -0.0258. The van der Waals surface area contributed by atoms with Gasteiger partial charge in [0.25, 0.3) is 5.91 Å². The van der Waals surface area contributed by atoms with Crippen LogP contribution in [0.1, 0.15) is 35.7 Å². The number of thiophene rings is 1. The van der Waals surface area contributed by atoms with E-state index in [2.05, 4.69) is 24.4 Å². The van der Waals surface area contributed by atoms with Gasteiger partial charge >= 0.3 is 0 Å². The molecule has 0 bridgehead atoms. The summed E-state index contributed by atoms with van der Waals surface area (Å²) in [6.07, 6.45) is 4.30. The molecule has 3 aromatic rings. The maximum Gasteiger partial charge on any atom is 0.255 e. The molecule has 128 valence electrons. The van der Waals surface area contributed by atoms with Gasteiger partial charge in [0.1, 0.15) is 5.69 Å². The van der Waals surface area contributed by atoms with Gasteiger partial charge in [-0.1, -0.05) is 36.4 Å². The van der Waals surface area contributed by atoms with Crippen molar-refractivity contribution in [2.45, 2.75) is 32.4 Å². The van der Waals surface area contributed by atoms with Gasteiger partial charge in [0.15, 0.2) is 0 Å². The second-order valence-corrected chi connectivity index (χ2v) is 7.60. The highest BCUT2D eigenvalue weighted by Gasteiger charge is 2.30. The van der Waals surface area contributed by atoms with Crippen molar-refractivity contribution >= 4 is 17.2 Å². The Bertz CT molecular complexity index is 850. The fraction of sp³-hybridized carbons (Fsp3) is 0.300. The van der Waals surface area contributed by atoms with Crippen molar-refractivity contribution < 1.29 is 4.79 Å². The van der Waals surface area contributed by atoms with Crippen molar-refractivity contribution in [2.24, 2.45) is 5.92 Å². The molecule has 1 aliphatic rings. The van der Waals surface area contributed by atoms with E-state index in [4.69, 9.17) is 5.10 Å². The van der Waals surface area contributed by atoms with E-state index in [9.17, 15) is 4.79 Å². The maximum atomic E-state index is 12.8. The number of benzene rings is 1. The molecular formula is C20H21N3OS. The molecular weight excluding hydrogens is 330 g/mol. The first-order valence-electron chi connectivity index (χ1n) is 8.67. The fourth-order valence-corrected chi connectivity index (χ4v) is 3.76. The molecule has 25 heavy (non-hydrogen) atoms. The Morgan fingerprint density at radius 1 is 1.28 bits per heavy atom. The summed E-state index contributed by atoms with van der Waals surface area (Å²) in [5, 5.41) is 9.87. The van der Waals surface area contributed by atoms with Crippen LogP contribution in [0.2, 0.25) is 0 Å². The first-order valence-corrected chi connectivity index (χ1v) is 9.55. The second-order valence-electron chi connectivity index (χ2n) is 6.65. The molecule has 0 radical (unpaired) electrons. The fourth-order valence-electron chi connectivity index (χ4n) is 3.03. The lowest BCUT2D eigenvalue weighted by Gasteiger charge is -2.12. The lowest BCUT2D eigenvalue weighted by atomic mass is 10.1. The van der Waals surface area contributed by atoms with Crippen molar-refractivity contribution in [3.63, 3.8) is 0 Å². The van der Waals surface area contributed by atoms with Gasteiger partial charge in [-0.25, -0.2) is 0 Å². The molecule has 1 aromatic carbocycles. The van der Waals surface area contributed by atoms with Crippen LogP contribution in [0.15, 0.2) is 54.0 Å². The molecule has 0 saturated heterocycles. The van der Waals surface area contributed by atoms with E-state index in [1.807, 2.05) is 46.6 Å². The summed E-state index contributed by atoms with van der Waals surface area (Å²) >= 11 is 1.61. The number of hydrogen-bond acceptors (Lipinski definition) is 3. The van der Waals surface area contributed by atoms with E-state index in [1.165, 1.54) is 18.4 Å². The van der Waals surface area contributed by atoms with E-state index in [-0.39, 0.29) is 11.9 Å². The zero-order valence-corrected chi connectivity index (χ0v) is 15.0. The van der Waals surface area contributed by atoms with Gasteiger partial charge in [-0.15, -0.1) is 11.3 Å². The molecule has 1 atom stereocenters. The van der Waals surface area contributed by atoms with Crippen LogP contribution >= 0.6 is 11.3 Å². The zero-order valence-electron chi connectivity index (χ0n) is 14.2. The second kappa shape index (κ2) is 6.84. The summed E-state index contributed by atoms with van der Waals surface area (Å²) in [5.74, 6) is 0.607. The maximum absolute atomic E-state index is 12.8. The molecule has 1 fully saturated rings. The van der Waals surface area contributed by atoms with Crippen LogP contribution in [0.3, 0.4) is 0 Å². The third kappa shape index (κ3) is 3.66. The number of nitrogens with one attached hydrogen (secondary N) is 1. The van der Waals surface area contributed by atoms with Crippen LogP contribution in [0.4, 0.5) is 0 Å². The summed E-state index contributed by atoms with van der Waals surface area (Å²) in [6, 6.07) is 14.4. The number of aromatic nitrogens is 2. The van der Waals surface area contributed by atoms with Gasteiger partial charge in [-0.2, -0.15) is 5.10 Å². The quantitative estimate of drug-likeness (QED) is 0.724. The van der Waals surface area contributed by atoms with Crippen molar-refractivity contribution in [1.82, 2.24) is 15.1 Å². The molecule has 1 N–H and O–H groups in total. The van der Waals surface area contributed by atoms with E-state index < -0.39 is 0 Å². The van der Waals surface area contributed by atoms with Gasteiger partial charge in [0.05, 0.1) is 17.0 Å². The lowest BCUT2D eigenvalue weighted by molar-refractivity contribution is 0.0936. The summed E-state index contributed by atoms with van der Waals surface area (Å²) in [5.41, 5.74) is 2.60. The summed E-state index contributed by atoms with van der Waals surface area (Å²) in [7, 11) is 0. The van der Waals surface area contributed by atoms with Crippen LogP contribution in [0.5, 0.6) is 0 Å². The van der Waals surface area contributed by atoms with E-state index in [1.54, 1.807) is 11.3 Å². The molecule has 4 rings (SSSR count). The number of carbonyl (C=O) groups is 1. The average Bonchev–Trinajstić information content (AvgIpc) is 3.16. The largest absolute Gasteiger partial charge is 0.349 e. The van der Waals surface area contributed by atoms with Crippen LogP contribution in [0.25, 0.3) is 10.6 Å². The summed E-state index contributed by atoms with van der Waals surface area (Å²) < 4.78 is 1.86. The Balaban J connectivity index is 1.62. The van der Waals surface area contributed by atoms with Gasteiger partial charge in [0, 0.05) is 12.2 Å². The van der Waals surface area contributed by atoms with Crippen LogP contribution in [-0.2, 0) is 6.54 Å². The van der Waals surface area contributed by atoms with E-state index in [0.29, 0.717) is 18.0 Å². The van der Waals surface area contributed by atoms with E-state index >= 15 is 0 Å². The SMILES string of the molecule is C[C@@H](NC(=O)c1cn(Cc2ccccc2)nc1-c1cccs1)C1CC1. The number of carbonyl (C=O) groups excluding carboxylic acids is 1. The van der Waals surface area contributed by atoms with Crippen LogP contribution < -0.4 is 5.32 Å². The standard InChI is InChI=1S/C20H21N3OS/c1-14(16-9-10-16)21-20(24)17-13-23(12-15-6-3-2-4-7-15)22-19(17)18-8-5-11-25-18/h2-8,11,13-14,16H,9-10,12H2,1H3,(H,21,24)/t14-/m1/s1. The first-order chi connectivity index (χ1) is 12.2. The molecule has 0 unspecified atom stereocenters. The minimum absolute atomic E-state index is 0.0258. The highest BCUT2D eigenvalue weighted by molar-refractivity contribution is 7.13. The van der Waals surface area contributed by atoms with Crippen molar-refractivity contribution in [3.8, 4) is 10.6 Å². The molecule has 0 aliphatic heterocycles. The predicted molar refractivity (Wildman–Crippen MR) is 101 cm³/mol. The van der Waals surface area contributed by atoms with Gasteiger partial charge in [0.2, 0.25) is 0 Å². The number of rotatable bonds is 6. The van der Waals surface area contributed by atoms with Crippen molar-refractivity contribution in [3.05, 3.63) is 65.2 Å². The Hall–Kier alpha value is -2.40. The Kier molecular flexibility index (Phi) is 4.40. The molecule has 2 heterocycles. The van der Waals surface area contributed by atoms with Gasteiger partial charge in [-0.3, -0.25) is 9.48 Å². The highest BCUT2D eigenvalue weighted by atomic mass is 32.1. The summed E-state index contributed by atoms with van der Waals surface area (Å²) in [4.78, 5) is 13.8. The Morgan fingerprint density at radius 3 is 2.76 bits per heavy atom. The van der Waals surface area contributed by atoms with E-state index in [0.717, 1.165) is 10.6 Å². The number of hydrogen-bond donors (Lipinski definition) is 1. The third-order valence-corrected chi connectivity index (χ3v) is 5.51. The molecule has 2 aromatic heterocycles. The Labute approximate surface area is 151 Å². The van der Waals surface area contributed by atoms with Crippen molar-refractivity contribution in [2.75, 3.05) is 0 Å². The molecule has 0 spiro atoms. The van der Waals surface area contributed by atoms with Gasteiger partial charge < -0.3 is 5.32 Å². The number of amides is 1. The molecule has 5 heteroatoms. The van der Waals surface area contributed by atoms with Crippen LogP contribution in [0, 0.1) is 5.92 Å². The lowest BCUT2D eigenvalue weighted by Crippen LogP contribution is -2.34. The first kappa shape index (κ1) is 16.1. The highest BCUT2D eigenvalue weighted by Crippen LogP contribution is 2.33. The number of nitrogens with zero attached hydrogens (tertiary/aromatic N) is 2. The molecule has 1 saturated carbocycles. The van der Waals surface area contributed by atoms with Crippen LogP contribution in [-0.4, -0.2) is 21.7 Å². The topological polar surface area (TPSA) is 46.9 Å². The minimum Gasteiger partial charge on any atom is -0.349 e. The molecule has 4 nitrogen and oxygen atoms in total.